The first kappa shape index (κ1) is 20.1. The maximum atomic E-state index is 12.4. The van der Waals surface area contributed by atoms with Gasteiger partial charge >= 0.3 is 0 Å². The van der Waals surface area contributed by atoms with Crippen molar-refractivity contribution in [2.75, 3.05) is 19.0 Å². The van der Waals surface area contributed by atoms with Gasteiger partial charge in [-0.1, -0.05) is 35.5 Å². The summed E-state index contributed by atoms with van der Waals surface area (Å²) < 4.78 is 16.2. The van der Waals surface area contributed by atoms with Crippen LogP contribution in [-0.2, 0) is 11.2 Å². The summed E-state index contributed by atoms with van der Waals surface area (Å²) in [7, 11) is 1.55. The molecule has 4 rings (SSSR count). The zero-order chi connectivity index (χ0) is 21.5. The van der Waals surface area contributed by atoms with Gasteiger partial charge in [0.2, 0.25) is 11.7 Å². The summed E-state index contributed by atoms with van der Waals surface area (Å²) in [6.07, 6.45) is 3.72. The van der Waals surface area contributed by atoms with Crippen LogP contribution in [0, 0.1) is 0 Å². The molecule has 0 aliphatic rings. The summed E-state index contributed by atoms with van der Waals surface area (Å²) in [6, 6.07) is 18.3. The number of hydrogen-bond donors (Lipinski definition) is 1. The van der Waals surface area contributed by atoms with E-state index in [0.29, 0.717) is 35.3 Å². The van der Waals surface area contributed by atoms with E-state index >= 15 is 0 Å². The Morgan fingerprint density at radius 1 is 1.03 bits per heavy atom. The normalized spacial score (nSPS) is 10.5. The lowest BCUT2D eigenvalue weighted by Gasteiger charge is -2.12. The third-order valence-corrected chi connectivity index (χ3v) is 4.45. The Morgan fingerprint density at radius 2 is 1.84 bits per heavy atom. The van der Waals surface area contributed by atoms with Crippen LogP contribution in [0.4, 0.5) is 5.69 Å². The van der Waals surface area contributed by atoms with Crippen LogP contribution in [0.15, 0.2) is 77.6 Å². The van der Waals surface area contributed by atoms with E-state index in [-0.39, 0.29) is 12.5 Å². The van der Waals surface area contributed by atoms with Crippen LogP contribution in [0.25, 0.3) is 11.4 Å². The second-order valence-corrected chi connectivity index (χ2v) is 6.58. The standard InChI is InChI=1S/C23H20N4O4/c1-29-19-10-4-5-11-20(19)30-15-21(28)25-18-9-3-2-7-16(18)13-22-26-23(27-31-22)17-8-6-12-24-14-17/h2-12,14H,13,15H2,1H3,(H,25,28). The molecule has 1 N–H and O–H groups in total. The maximum Gasteiger partial charge on any atom is 0.262 e. The Balaban J connectivity index is 1.42. The highest BCUT2D eigenvalue weighted by Crippen LogP contribution is 2.26. The van der Waals surface area contributed by atoms with Gasteiger partial charge in [-0.05, 0) is 35.9 Å². The number of nitrogens with one attached hydrogen (secondary N) is 1. The van der Waals surface area contributed by atoms with Gasteiger partial charge < -0.3 is 19.3 Å². The maximum absolute atomic E-state index is 12.4. The number of methoxy groups -OCH3 is 1. The molecule has 0 saturated heterocycles. The monoisotopic (exact) mass is 416 g/mol. The van der Waals surface area contributed by atoms with Crippen LogP contribution in [0.2, 0.25) is 0 Å². The first-order valence-electron chi connectivity index (χ1n) is 9.59. The molecule has 0 fully saturated rings. The number of anilines is 1. The lowest BCUT2D eigenvalue weighted by atomic mass is 10.1. The summed E-state index contributed by atoms with van der Waals surface area (Å²) in [5.74, 6) is 1.68. The van der Waals surface area contributed by atoms with Gasteiger partial charge in [0.05, 0.1) is 13.5 Å². The molecule has 0 unspecified atom stereocenters. The number of nitrogens with zero attached hydrogens (tertiary/aromatic N) is 3. The van der Waals surface area contributed by atoms with Gasteiger partial charge in [0.1, 0.15) is 0 Å². The van der Waals surface area contributed by atoms with Gasteiger partial charge in [0.25, 0.3) is 5.91 Å². The van der Waals surface area contributed by atoms with E-state index in [2.05, 4.69) is 20.4 Å². The molecule has 8 nitrogen and oxygen atoms in total. The molecule has 0 bridgehead atoms. The van der Waals surface area contributed by atoms with Gasteiger partial charge in [-0.15, -0.1) is 0 Å². The van der Waals surface area contributed by atoms with Crippen molar-refractivity contribution in [3.63, 3.8) is 0 Å². The second-order valence-electron chi connectivity index (χ2n) is 6.58. The lowest BCUT2D eigenvalue weighted by Crippen LogP contribution is -2.21. The van der Waals surface area contributed by atoms with E-state index in [1.54, 1.807) is 31.6 Å². The summed E-state index contributed by atoms with van der Waals surface area (Å²) in [5.41, 5.74) is 2.26. The molecule has 1 amide bonds. The van der Waals surface area contributed by atoms with Gasteiger partial charge in [-0.25, -0.2) is 0 Å². The zero-order valence-corrected chi connectivity index (χ0v) is 16.8. The van der Waals surface area contributed by atoms with Crippen molar-refractivity contribution in [1.82, 2.24) is 15.1 Å². The predicted octanol–water partition coefficient (Wildman–Crippen LogP) is 3.75. The van der Waals surface area contributed by atoms with E-state index < -0.39 is 0 Å². The van der Waals surface area contributed by atoms with Crippen molar-refractivity contribution in [2.45, 2.75) is 6.42 Å². The molecular formula is C23H20N4O4. The fraction of sp³-hybridized carbons (Fsp3) is 0.130. The van der Waals surface area contributed by atoms with Gasteiger partial charge in [0, 0.05) is 23.6 Å². The third kappa shape index (κ3) is 5.05. The van der Waals surface area contributed by atoms with Crippen LogP contribution < -0.4 is 14.8 Å². The number of amides is 1. The smallest absolute Gasteiger partial charge is 0.262 e. The van der Waals surface area contributed by atoms with Crippen LogP contribution in [0.3, 0.4) is 0 Å². The molecule has 0 aliphatic heterocycles. The number of benzene rings is 2. The molecule has 0 atom stereocenters. The van der Waals surface area contributed by atoms with Crippen LogP contribution >= 0.6 is 0 Å². The number of pyridine rings is 1. The Hall–Kier alpha value is -4.20. The highest BCUT2D eigenvalue weighted by Gasteiger charge is 2.13. The van der Waals surface area contributed by atoms with E-state index in [4.69, 9.17) is 14.0 Å². The number of ether oxygens (including phenoxy) is 2. The minimum atomic E-state index is -0.292. The highest BCUT2D eigenvalue weighted by molar-refractivity contribution is 5.92. The molecule has 0 saturated carbocycles. The van der Waals surface area contributed by atoms with Gasteiger partial charge in [-0.2, -0.15) is 4.98 Å². The topological polar surface area (TPSA) is 99.4 Å². The number of carbonyl (C=O) groups excluding carboxylic acids is 1. The van der Waals surface area contributed by atoms with Crippen LogP contribution in [0.1, 0.15) is 11.5 Å². The number of rotatable bonds is 8. The van der Waals surface area contributed by atoms with E-state index in [1.807, 2.05) is 48.5 Å². The molecule has 0 radical (unpaired) electrons. The van der Waals surface area contributed by atoms with Gasteiger partial charge in [-0.3, -0.25) is 9.78 Å². The third-order valence-electron chi connectivity index (χ3n) is 4.45. The quantitative estimate of drug-likeness (QED) is 0.467. The molecule has 0 spiro atoms. The second kappa shape index (κ2) is 9.53. The van der Waals surface area contributed by atoms with Crippen molar-refractivity contribution in [3.8, 4) is 22.9 Å². The predicted molar refractivity (Wildman–Crippen MR) is 114 cm³/mol. The average Bonchev–Trinajstić information content (AvgIpc) is 3.28. The van der Waals surface area contributed by atoms with Crippen molar-refractivity contribution in [1.29, 1.82) is 0 Å². The molecule has 4 aromatic rings. The fourth-order valence-electron chi connectivity index (χ4n) is 2.97. The fourth-order valence-corrected chi connectivity index (χ4v) is 2.97. The molecular weight excluding hydrogens is 396 g/mol. The Bertz CT molecular complexity index is 1160. The first-order valence-corrected chi connectivity index (χ1v) is 9.59. The molecule has 0 aliphatic carbocycles. The minimum Gasteiger partial charge on any atom is -0.493 e. The average molecular weight is 416 g/mol. The van der Waals surface area contributed by atoms with E-state index in [1.165, 1.54) is 0 Å². The zero-order valence-electron chi connectivity index (χ0n) is 16.8. The minimum absolute atomic E-state index is 0.152. The number of aromatic nitrogens is 3. The highest BCUT2D eigenvalue weighted by atomic mass is 16.5. The van der Waals surface area contributed by atoms with Crippen molar-refractivity contribution < 1.29 is 18.8 Å². The Morgan fingerprint density at radius 3 is 2.65 bits per heavy atom. The van der Waals surface area contributed by atoms with Crippen LogP contribution in [-0.4, -0.2) is 34.7 Å². The molecule has 2 aromatic heterocycles. The largest absolute Gasteiger partial charge is 0.493 e. The van der Waals surface area contributed by atoms with Crippen molar-refractivity contribution in [3.05, 3.63) is 84.5 Å². The molecule has 2 heterocycles. The van der Waals surface area contributed by atoms with Crippen LogP contribution in [0.5, 0.6) is 11.5 Å². The van der Waals surface area contributed by atoms with Gasteiger partial charge in [0.15, 0.2) is 18.1 Å². The van der Waals surface area contributed by atoms with E-state index in [0.717, 1.165) is 11.1 Å². The molecule has 2 aromatic carbocycles. The molecule has 31 heavy (non-hydrogen) atoms. The summed E-state index contributed by atoms with van der Waals surface area (Å²) in [6.45, 7) is -0.152. The summed E-state index contributed by atoms with van der Waals surface area (Å²) >= 11 is 0. The van der Waals surface area contributed by atoms with Crippen molar-refractivity contribution >= 4 is 11.6 Å². The first-order chi connectivity index (χ1) is 15.2. The number of para-hydroxylation sites is 3. The summed E-state index contributed by atoms with van der Waals surface area (Å²) in [5, 5.41) is 6.88. The SMILES string of the molecule is COc1ccccc1OCC(=O)Nc1ccccc1Cc1nc(-c2cccnc2)no1. The van der Waals surface area contributed by atoms with Crippen molar-refractivity contribution in [2.24, 2.45) is 0 Å². The van der Waals surface area contributed by atoms with E-state index in [9.17, 15) is 4.79 Å². The molecule has 156 valence electrons. The Labute approximate surface area is 178 Å². The summed E-state index contributed by atoms with van der Waals surface area (Å²) in [4.78, 5) is 20.9. The molecule has 8 heteroatoms. The number of hydrogen-bond acceptors (Lipinski definition) is 7. The Kier molecular flexibility index (Phi) is 6.18. The number of carbonyl (C=O) groups is 1. The lowest BCUT2D eigenvalue weighted by molar-refractivity contribution is -0.118.